The van der Waals surface area contributed by atoms with Crippen LogP contribution in [0.5, 0.6) is 0 Å². The number of nitrogens with zero attached hydrogens (tertiary/aromatic N) is 2. The van der Waals surface area contributed by atoms with Gasteiger partial charge in [-0.15, -0.1) is 0 Å². The number of carbonyl (C=O) groups excluding carboxylic acids is 1. The van der Waals surface area contributed by atoms with E-state index in [1.54, 1.807) is 0 Å². The van der Waals surface area contributed by atoms with E-state index >= 15 is 0 Å². The van der Waals surface area contributed by atoms with E-state index in [0.717, 1.165) is 56.1 Å². The molecule has 0 spiro atoms. The molecule has 2 saturated heterocycles. The number of carbonyl (C=O) groups is 1. The molecule has 2 aromatic carbocycles. The molecule has 2 unspecified atom stereocenters. The van der Waals surface area contributed by atoms with E-state index in [0.29, 0.717) is 13.2 Å². The summed E-state index contributed by atoms with van der Waals surface area (Å²) in [4.78, 5) is 17.7. The molecule has 3 aromatic rings. The van der Waals surface area contributed by atoms with Crippen molar-refractivity contribution in [2.75, 3.05) is 32.8 Å². The predicted molar refractivity (Wildman–Crippen MR) is 122 cm³/mol. The fraction of sp³-hybridized carbons (Fsp3) is 0.423. The Bertz CT molecular complexity index is 1060. The van der Waals surface area contributed by atoms with E-state index in [9.17, 15) is 4.79 Å². The van der Waals surface area contributed by atoms with Crippen molar-refractivity contribution in [3.8, 4) is 0 Å². The Morgan fingerprint density at radius 2 is 1.88 bits per heavy atom. The van der Waals surface area contributed by atoms with Gasteiger partial charge in [0.2, 0.25) is 0 Å². The maximum absolute atomic E-state index is 13.1. The van der Waals surface area contributed by atoms with Gasteiger partial charge in [0.1, 0.15) is 24.0 Å². The molecule has 2 aliphatic rings. The van der Waals surface area contributed by atoms with Gasteiger partial charge in [0.05, 0.1) is 12.7 Å². The van der Waals surface area contributed by atoms with Gasteiger partial charge in [-0.3, -0.25) is 14.6 Å². The Morgan fingerprint density at radius 1 is 1.09 bits per heavy atom. The predicted octanol–water partition coefficient (Wildman–Crippen LogP) is 3.62. The fourth-order valence-electron chi connectivity index (χ4n) is 4.55. The normalized spacial score (nSPS) is 21.7. The van der Waals surface area contributed by atoms with E-state index in [1.165, 1.54) is 10.9 Å². The summed E-state index contributed by atoms with van der Waals surface area (Å²) in [5, 5.41) is 1.17. The van der Waals surface area contributed by atoms with Crippen LogP contribution in [0.2, 0.25) is 0 Å². The van der Waals surface area contributed by atoms with Crippen molar-refractivity contribution in [2.24, 2.45) is 0 Å². The number of fused-ring (bicyclic) bond motifs is 1. The minimum atomic E-state index is -0.292. The van der Waals surface area contributed by atoms with Crippen molar-refractivity contribution in [1.82, 2.24) is 9.80 Å². The van der Waals surface area contributed by atoms with E-state index in [-0.39, 0.29) is 18.1 Å². The summed E-state index contributed by atoms with van der Waals surface area (Å²) in [7, 11) is 0. The first-order chi connectivity index (χ1) is 15.7. The first kappa shape index (κ1) is 21.2. The van der Waals surface area contributed by atoms with E-state index in [4.69, 9.17) is 13.9 Å². The largest absolute Gasteiger partial charge is 0.461 e. The summed E-state index contributed by atoms with van der Waals surface area (Å²) in [6.45, 7) is 7.13. The van der Waals surface area contributed by atoms with Gasteiger partial charge in [-0.1, -0.05) is 55.5 Å². The molecule has 0 N–H and O–H groups in total. The lowest BCUT2D eigenvalue weighted by Crippen LogP contribution is -2.57. The average molecular weight is 435 g/mol. The summed E-state index contributed by atoms with van der Waals surface area (Å²) < 4.78 is 17.3. The quantitative estimate of drug-likeness (QED) is 0.399. The zero-order chi connectivity index (χ0) is 21.9. The highest BCUT2D eigenvalue weighted by Gasteiger charge is 2.37. The van der Waals surface area contributed by atoms with Crippen LogP contribution in [0, 0.1) is 0 Å². The van der Waals surface area contributed by atoms with Crippen LogP contribution in [-0.2, 0) is 33.8 Å². The second-order valence-corrected chi connectivity index (χ2v) is 8.65. The molecule has 0 saturated carbocycles. The molecule has 6 heteroatoms. The third-order valence-corrected chi connectivity index (χ3v) is 6.40. The summed E-state index contributed by atoms with van der Waals surface area (Å²) >= 11 is 0. The van der Waals surface area contributed by atoms with Crippen LogP contribution >= 0.6 is 0 Å². The highest BCUT2D eigenvalue weighted by Crippen LogP contribution is 2.28. The Kier molecular flexibility index (Phi) is 6.26. The van der Waals surface area contributed by atoms with Gasteiger partial charge in [-0.2, -0.15) is 0 Å². The first-order valence-corrected chi connectivity index (χ1v) is 11.5. The Balaban J connectivity index is 1.30. The van der Waals surface area contributed by atoms with Gasteiger partial charge in [0, 0.05) is 50.1 Å². The number of esters is 1. The van der Waals surface area contributed by atoms with Gasteiger partial charge in [-0.25, -0.2) is 0 Å². The molecule has 0 aliphatic carbocycles. The molecule has 0 bridgehead atoms. The maximum atomic E-state index is 13.1. The van der Waals surface area contributed by atoms with E-state index in [1.807, 2.05) is 42.5 Å². The number of benzene rings is 2. The van der Waals surface area contributed by atoms with Gasteiger partial charge >= 0.3 is 5.97 Å². The lowest BCUT2D eigenvalue weighted by Gasteiger charge is -2.39. The standard InChI is InChI=1S/C26H30N2O4/c1-2-24-22(21-10-6-7-11-25(21)32-24)15-27-12-13-28(14-20-18-30-20)23(16-27)26(29)31-17-19-8-4-3-5-9-19/h3-11,20,23H,2,12-18H2,1H3. The van der Waals surface area contributed by atoms with Crippen LogP contribution in [0.3, 0.4) is 0 Å². The van der Waals surface area contributed by atoms with Gasteiger partial charge < -0.3 is 13.9 Å². The SMILES string of the molecule is CCc1oc2ccccc2c1CN1CCN(CC2CO2)C(C(=O)OCc2ccccc2)C1. The third-order valence-electron chi connectivity index (χ3n) is 6.40. The Morgan fingerprint density at radius 3 is 2.66 bits per heavy atom. The molecule has 3 heterocycles. The van der Waals surface area contributed by atoms with Crippen LogP contribution in [0.1, 0.15) is 23.8 Å². The molecule has 1 aromatic heterocycles. The monoisotopic (exact) mass is 434 g/mol. The lowest BCUT2D eigenvalue weighted by molar-refractivity contribution is -0.154. The molecule has 0 radical (unpaired) electrons. The summed E-state index contributed by atoms with van der Waals surface area (Å²) in [6.07, 6.45) is 1.10. The number of ether oxygens (including phenoxy) is 2. The molecule has 0 amide bonds. The van der Waals surface area contributed by atoms with Crippen molar-refractivity contribution in [3.05, 3.63) is 71.5 Å². The molecule has 6 nitrogen and oxygen atoms in total. The van der Waals surface area contributed by atoms with Gasteiger partial charge in [0.15, 0.2) is 0 Å². The second-order valence-electron chi connectivity index (χ2n) is 8.65. The number of hydrogen-bond donors (Lipinski definition) is 0. The lowest BCUT2D eigenvalue weighted by atomic mass is 10.1. The first-order valence-electron chi connectivity index (χ1n) is 11.5. The summed E-state index contributed by atoms with van der Waals surface area (Å²) in [5.74, 6) is 0.871. The van der Waals surface area contributed by atoms with Crippen LogP contribution in [0.4, 0.5) is 0 Å². The molecule has 2 atom stereocenters. The zero-order valence-electron chi connectivity index (χ0n) is 18.5. The van der Waals surface area contributed by atoms with Crippen LogP contribution < -0.4 is 0 Å². The third kappa shape index (κ3) is 4.72. The second kappa shape index (κ2) is 9.45. The highest BCUT2D eigenvalue weighted by atomic mass is 16.6. The van der Waals surface area contributed by atoms with Crippen molar-refractivity contribution in [3.63, 3.8) is 0 Å². The number of hydrogen-bond acceptors (Lipinski definition) is 6. The maximum Gasteiger partial charge on any atom is 0.325 e. The number of epoxide rings is 1. The van der Waals surface area contributed by atoms with E-state index < -0.39 is 0 Å². The number of para-hydroxylation sites is 1. The van der Waals surface area contributed by atoms with Crippen molar-refractivity contribution >= 4 is 16.9 Å². The minimum Gasteiger partial charge on any atom is -0.461 e. The minimum absolute atomic E-state index is 0.160. The summed E-state index contributed by atoms with van der Waals surface area (Å²) in [6, 6.07) is 17.8. The van der Waals surface area contributed by atoms with Gasteiger partial charge in [-0.05, 0) is 11.6 Å². The average Bonchev–Trinajstić information content (AvgIpc) is 3.58. The van der Waals surface area contributed by atoms with Crippen molar-refractivity contribution in [2.45, 2.75) is 38.6 Å². The molecule has 168 valence electrons. The van der Waals surface area contributed by atoms with E-state index in [2.05, 4.69) is 28.9 Å². The molecule has 2 fully saturated rings. The van der Waals surface area contributed by atoms with Crippen LogP contribution in [0.15, 0.2) is 59.0 Å². The Labute approximate surface area is 188 Å². The number of piperazine rings is 1. The van der Waals surface area contributed by atoms with Gasteiger partial charge in [0.25, 0.3) is 0 Å². The van der Waals surface area contributed by atoms with Crippen LogP contribution in [-0.4, -0.2) is 60.7 Å². The number of aryl methyl sites for hydroxylation is 1. The molecule has 2 aliphatic heterocycles. The molecular formula is C26H30N2O4. The smallest absolute Gasteiger partial charge is 0.325 e. The number of furan rings is 1. The highest BCUT2D eigenvalue weighted by molar-refractivity contribution is 5.82. The topological polar surface area (TPSA) is 58.5 Å². The van der Waals surface area contributed by atoms with Crippen molar-refractivity contribution in [1.29, 1.82) is 0 Å². The molecular weight excluding hydrogens is 404 g/mol. The Hall–Kier alpha value is -2.67. The summed E-state index contributed by atoms with van der Waals surface area (Å²) in [5.41, 5.74) is 3.17. The number of rotatable bonds is 8. The zero-order valence-corrected chi connectivity index (χ0v) is 18.5. The van der Waals surface area contributed by atoms with Crippen LogP contribution in [0.25, 0.3) is 11.0 Å². The molecule has 32 heavy (non-hydrogen) atoms. The molecule has 5 rings (SSSR count). The van der Waals surface area contributed by atoms with Crippen molar-refractivity contribution < 1.29 is 18.7 Å². The fourth-order valence-corrected chi connectivity index (χ4v) is 4.55.